The zero-order valence-corrected chi connectivity index (χ0v) is 11.9. The van der Waals surface area contributed by atoms with Gasteiger partial charge in [0.15, 0.2) is 0 Å². The minimum atomic E-state index is -4.62. The molecule has 104 valence electrons. The van der Waals surface area contributed by atoms with Crippen LogP contribution in [0.2, 0.25) is 0 Å². The molecule has 0 aromatic heterocycles. The van der Waals surface area contributed by atoms with Crippen LogP contribution in [0.4, 0.5) is 0 Å². The fourth-order valence-corrected chi connectivity index (χ4v) is 2.01. The SMILES string of the molecule is C[N+](C)(C)CC(=[N+]=[N-])OP(=O)([O-])Oc1ccccc1. The third-order valence-electron chi connectivity index (χ3n) is 1.90. The highest BCUT2D eigenvalue weighted by Crippen LogP contribution is 2.39. The predicted octanol–water partition coefficient (Wildman–Crippen LogP) is 0.885. The van der Waals surface area contributed by atoms with Crippen LogP contribution in [0.5, 0.6) is 5.75 Å². The molecule has 0 saturated carbocycles. The summed E-state index contributed by atoms with van der Waals surface area (Å²) in [5, 5.41) is 0. The zero-order chi connectivity index (χ0) is 14.5. The van der Waals surface area contributed by atoms with Gasteiger partial charge >= 0.3 is 13.7 Å². The number of nitrogens with zero attached hydrogens (tertiary/aromatic N) is 3. The Morgan fingerprint density at radius 3 is 2.42 bits per heavy atom. The van der Waals surface area contributed by atoms with Crippen LogP contribution in [-0.2, 0) is 9.09 Å². The molecule has 8 heteroatoms. The Morgan fingerprint density at radius 2 is 1.95 bits per heavy atom. The number of hydrogen-bond acceptors (Lipinski definition) is 4. The monoisotopic (exact) mass is 285 g/mol. The molecule has 1 rings (SSSR count). The Balaban J connectivity index is 2.74. The maximum absolute atomic E-state index is 11.6. The van der Waals surface area contributed by atoms with Gasteiger partial charge in [-0.15, -0.1) is 4.79 Å². The van der Waals surface area contributed by atoms with Gasteiger partial charge in [-0.3, -0.25) is 0 Å². The molecule has 0 heterocycles. The van der Waals surface area contributed by atoms with Crippen LogP contribution in [0.3, 0.4) is 0 Å². The molecule has 7 nitrogen and oxygen atoms in total. The summed E-state index contributed by atoms with van der Waals surface area (Å²) in [6, 6.07) is 7.93. The number of para-hydroxylation sites is 1. The molecule has 0 N–H and O–H groups in total. The average molecular weight is 285 g/mol. The Morgan fingerprint density at radius 1 is 1.37 bits per heavy atom. The van der Waals surface area contributed by atoms with E-state index in [1.165, 1.54) is 12.1 Å². The lowest BCUT2D eigenvalue weighted by Gasteiger charge is -2.24. The highest BCUT2D eigenvalue weighted by Gasteiger charge is 2.27. The maximum Gasteiger partial charge on any atom is 0.511 e. The smallest absolute Gasteiger partial charge is 0.511 e. The van der Waals surface area contributed by atoms with E-state index in [-0.39, 0.29) is 18.2 Å². The average Bonchev–Trinajstić information content (AvgIpc) is 2.26. The van der Waals surface area contributed by atoms with Gasteiger partial charge in [-0.2, -0.15) is 0 Å². The molecule has 1 atom stereocenters. The lowest BCUT2D eigenvalue weighted by Crippen LogP contribution is -2.40. The van der Waals surface area contributed by atoms with E-state index in [1.54, 1.807) is 39.3 Å². The molecule has 0 amide bonds. The molecular formula is C11H16N3O4P. The highest BCUT2D eigenvalue weighted by atomic mass is 31.2. The second-order valence-corrected chi connectivity index (χ2v) is 6.14. The number of rotatable bonds is 5. The first-order chi connectivity index (χ1) is 8.72. The van der Waals surface area contributed by atoms with Crippen LogP contribution in [0, 0.1) is 0 Å². The van der Waals surface area contributed by atoms with Gasteiger partial charge in [0.05, 0.1) is 21.1 Å². The molecule has 0 saturated heterocycles. The van der Waals surface area contributed by atoms with Gasteiger partial charge < -0.3 is 24.0 Å². The van der Waals surface area contributed by atoms with Crippen molar-refractivity contribution in [3.05, 3.63) is 35.9 Å². The Kier molecular flexibility index (Phi) is 4.86. The van der Waals surface area contributed by atoms with Crippen molar-refractivity contribution in [1.82, 2.24) is 0 Å². The molecular weight excluding hydrogens is 269 g/mol. The number of phosphoric acid groups is 1. The van der Waals surface area contributed by atoms with Gasteiger partial charge in [0.2, 0.25) is 6.54 Å². The van der Waals surface area contributed by atoms with E-state index in [0.717, 1.165) is 0 Å². The minimum Gasteiger partial charge on any atom is -0.736 e. The van der Waals surface area contributed by atoms with Crippen LogP contribution in [0.1, 0.15) is 0 Å². The first-order valence-electron chi connectivity index (χ1n) is 5.48. The topological polar surface area (TPSA) is 95.0 Å². The van der Waals surface area contributed by atoms with Gasteiger partial charge in [-0.05, 0) is 12.1 Å². The quantitative estimate of drug-likeness (QED) is 0.200. The summed E-state index contributed by atoms with van der Waals surface area (Å²) in [5.41, 5.74) is 8.76. The molecule has 1 unspecified atom stereocenters. The van der Waals surface area contributed by atoms with Gasteiger partial charge in [0.25, 0.3) is 0 Å². The molecule has 0 fully saturated rings. The van der Waals surface area contributed by atoms with Crippen molar-refractivity contribution < 1.29 is 27.8 Å². The van der Waals surface area contributed by atoms with Crippen molar-refractivity contribution in [2.24, 2.45) is 0 Å². The summed E-state index contributed by atoms with van der Waals surface area (Å²) >= 11 is 0. The molecule has 0 aliphatic heterocycles. The highest BCUT2D eigenvalue weighted by molar-refractivity contribution is 7.46. The summed E-state index contributed by atoms with van der Waals surface area (Å²) < 4.78 is 21.3. The normalized spacial score (nSPS) is 14.1. The van der Waals surface area contributed by atoms with Crippen molar-refractivity contribution >= 4 is 13.7 Å². The molecule has 19 heavy (non-hydrogen) atoms. The van der Waals surface area contributed by atoms with Crippen LogP contribution in [-0.4, -0.2) is 42.9 Å². The predicted molar refractivity (Wildman–Crippen MR) is 67.3 cm³/mol. The van der Waals surface area contributed by atoms with Crippen molar-refractivity contribution in [3.8, 4) is 5.75 Å². The largest absolute Gasteiger partial charge is 0.736 e. The standard InChI is InChI=1S/C11H16N3O4P/c1-14(2,3)9-11(13-12)18-19(15,16)17-10-7-5-4-6-8-10/h4-8H,9H2,1-3H3. The second kappa shape index (κ2) is 5.99. The van der Waals surface area contributed by atoms with E-state index in [0.29, 0.717) is 4.48 Å². The first-order valence-corrected chi connectivity index (χ1v) is 6.94. The zero-order valence-electron chi connectivity index (χ0n) is 11.0. The first kappa shape index (κ1) is 15.4. The van der Waals surface area contributed by atoms with Crippen molar-refractivity contribution in [2.45, 2.75) is 0 Å². The Bertz CT molecular complexity index is 520. The van der Waals surface area contributed by atoms with Crippen molar-refractivity contribution in [2.75, 3.05) is 27.7 Å². The molecule has 0 spiro atoms. The van der Waals surface area contributed by atoms with Gasteiger partial charge in [-0.1, -0.05) is 18.2 Å². The van der Waals surface area contributed by atoms with Crippen LogP contribution in [0.15, 0.2) is 30.3 Å². The molecule has 0 bridgehead atoms. The van der Waals surface area contributed by atoms with Crippen molar-refractivity contribution in [3.63, 3.8) is 0 Å². The molecule has 1 aromatic rings. The van der Waals surface area contributed by atoms with Gasteiger partial charge in [0, 0.05) is 0 Å². The summed E-state index contributed by atoms with van der Waals surface area (Å²) in [4.78, 5) is 14.5. The minimum absolute atomic E-state index is 0.0981. The third-order valence-corrected chi connectivity index (χ3v) is 2.77. The fourth-order valence-electron chi connectivity index (χ4n) is 1.24. The molecule has 0 radical (unpaired) electrons. The fraction of sp³-hybridized carbons (Fsp3) is 0.364. The summed E-state index contributed by atoms with van der Waals surface area (Å²) in [6.07, 6.45) is 0. The van der Waals surface area contributed by atoms with E-state index in [4.69, 9.17) is 10.1 Å². The Hall–Kier alpha value is -1.65. The lowest BCUT2D eigenvalue weighted by molar-refractivity contribution is -0.862. The summed E-state index contributed by atoms with van der Waals surface area (Å²) in [6.45, 7) is 0.0981. The van der Waals surface area contributed by atoms with E-state index in [2.05, 4.69) is 9.31 Å². The number of phosphoric ester groups is 1. The van der Waals surface area contributed by atoms with E-state index in [9.17, 15) is 9.46 Å². The van der Waals surface area contributed by atoms with E-state index >= 15 is 0 Å². The number of quaternary nitrogens is 1. The molecule has 1 aromatic carbocycles. The van der Waals surface area contributed by atoms with Gasteiger partial charge in [-0.25, -0.2) is 4.57 Å². The number of likely N-dealkylation sites (N-methyl/N-ethyl adjacent to an activating group) is 1. The summed E-state index contributed by atoms with van der Waals surface area (Å²) in [7, 11) is 0.758. The lowest BCUT2D eigenvalue weighted by atomic mass is 10.3. The van der Waals surface area contributed by atoms with E-state index in [1.807, 2.05) is 0 Å². The van der Waals surface area contributed by atoms with Crippen LogP contribution in [0.25, 0.3) is 5.53 Å². The van der Waals surface area contributed by atoms with E-state index < -0.39 is 7.82 Å². The number of benzene rings is 1. The Labute approximate surface area is 111 Å². The second-order valence-electron chi connectivity index (χ2n) is 4.89. The molecule has 0 aliphatic rings. The summed E-state index contributed by atoms with van der Waals surface area (Å²) in [5.74, 6) is -0.204. The number of hydrogen-bond donors (Lipinski definition) is 0. The third kappa shape index (κ3) is 6.18. The molecule has 0 aliphatic carbocycles. The van der Waals surface area contributed by atoms with Crippen LogP contribution >= 0.6 is 7.82 Å². The van der Waals surface area contributed by atoms with Crippen molar-refractivity contribution in [1.29, 1.82) is 0 Å². The maximum atomic E-state index is 11.6. The van der Waals surface area contributed by atoms with Gasteiger partial charge in [0.1, 0.15) is 5.75 Å². The van der Waals surface area contributed by atoms with Crippen LogP contribution < -0.4 is 9.42 Å².